The lowest BCUT2D eigenvalue weighted by molar-refractivity contribution is 0.991. The van der Waals surface area contributed by atoms with Gasteiger partial charge in [0.25, 0.3) is 0 Å². The molecule has 3 rings (SSSR count). The fraction of sp³-hybridized carbons (Fsp3) is 0.0667. The van der Waals surface area contributed by atoms with Crippen LogP contribution in [0, 0.1) is 12.3 Å². The van der Waals surface area contributed by atoms with Crippen molar-refractivity contribution in [3.63, 3.8) is 0 Å². The number of fused-ring (bicyclic) bond motifs is 1. The normalized spacial score (nSPS) is 10.3. The molecule has 0 saturated heterocycles. The number of aromatic nitrogens is 3. The third-order valence-corrected chi connectivity index (χ3v) is 2.90. The lowest BCUT2D eigenvalue weighted by Gasteiger charge is -2.06. The predicted octanol–water partition coefficient (Wildman–Crippen LogP) is 2.32. The number of nitrogens with zero attached hydrogens (tertiary/aromatic N) is 3. The summed E-state index contributed by atoms with van der Waals surface area (Å²) in [6.07, 6.45) is 12.6. The van der Waals surface area contributed by atoms with Gasteiger partial charge in [-0.3, -0.25) is 9.38 Å². The minimum Gasteiger partial charge on any atom is -0.379 e. The van der Waals surface area contributed by atoms with Crippen LogP contribution < -0.4 is 5.32 Å². The molecule has 3 aromatic rings. The predicted molar refractivity (Wildman–Crippen MR) is 74.7 cm³/mol. The number of imidazole rings is 1. The van der Waals surface area contributed by atoms with E-state index < -0.39 is 0 Å². The Kier molecular flexibility index (Phi) is 2.87. The second-order valence-electron chi connectivity index (χ2n) is 4.13. The molecule has 19 heavy (non-hydrogen) atoms. The molecule has 1 N–H and O–H groups in total. The third-order valence-electron chi connectivity index (χ3n) is 2.90. The van der Waals surface area contributed by atoms with Crippen molar-refractivity contribution in [2.75, 3.05) is 5.32 Å². The van der Waals surface area contributed by atoms with Gasteiger partial charge in [-0.25, -0.2) is 4.98 Å². The summed E-state index contributed by atoms with van der Waals surface area (Å²) in [6, 6.07) is 7.79. The Morgan fingerprint density at radius 1 is 1.32 bits per heavy atom. The average molecular weight is 248 g/mol. The smallest absolute Gasteiger partial charge is 0.155 e. The van der Waals surface area contributed by atoms with E-state index in [0.29, 0.717) is 6.54 Å². The minimum atomic E-state index is 0.680. The van der Waals surface area contributed by atoms with Crippen LogP contribution in [0.2, 0.25) is 0 Å². The van der Waals surface area contributed by atoms with Gasteiger partial charge >= 0.3 is 0 Å². The molecule has 0 spiro atoms. The molecule has 2 heterocycles. The number of terminal acetylenes is 1. The number of hydrogen-bond acceptors (Lipinski definition) is 3. The van der Waals surface area contributed by atoms with Gasteiger partial charge < -0.3 is 5.32 Å². The molecule has 0 fully saturated rings. The molecule has 4 heteroatoms. The van der Waals surface area contributed by atoms with E-state index in [1.807, 2.05) is 41.1 Å². The fourth-order valence-electron chi connectivity index (χ4n) is 1.94. The highest BCUT2D eigenvalue weighted by Crippen LogP contribution is 2.12. The van der Waals surface area contributed by atoms with Crippen molar-refractivity contribution in [2.45, 2.75) is 6.54 Å². The van der Waals surface area contributed by atoms with Gasteiger partial charge in [0.15, 0.2) is 5.65 Å². The van der Waals surface area contributed by atoms with E-state index in [9.17, 15) is 0 Å². The van der Waals surface area contributed by atoms with Crippen molar-refractivity contribution < 1.29 is 0 Å². The first-order valence-electron chi connectivity index (χ1n) is 5.93. The molecule has 2 aromatic heterocycles. The Labute approximate surface area is 111 Å². The van der Waals surface area contributed by atoms with Crippen LogP contribution in [-0.2, 0) is 6.54 Å². The van der Waals surface area contributed by atoms with Crippen molar-refractivity contribution in [3.8, 4) is 12.3 Å². The molecule has 0 aliphatic carbocycles. The van der Waals surface area contributed by atoms with Crippen molar-refractivity contribution in [1.29, 1.82) is 0 Å². The van der Waals surface area contributed by atoms with E-state index in [0.717, 1.165) is 22.6 Å². The van der Waals surface area contributed by atoms with Crippen LogP contribution in [0.1, 0.15) is 11.3 Å². The van der Waals surface area contributed by atoms with Crippen LogP contribution in [-0.4, -0.2) is 14.4 Å². The average Bonchev–Trinajstić information content (AvgIpc) is 2.89. The molecule has 0 aliphatic heterocycles. The van der Waals surface area contributed by atoms with E-state index in [2.05, 4.69) is 21.2 Å². The van der Waals surface area contributed by atoms with Crippen LogP contribution >= 0.6 is 0 Å². The monoisotopic (exact) mass is 248 g/mol. The van der Waals surface area contributed by atoms with Crippen LogP contribution in [0.4, 0.5) is 5.69 Å². The van der Waals surface area contributed by atoms with Gasteiger partial charge in [0.05, 0.1) is 24.6 Å². The molecular formula is C15H12N4. The van der Waals surface area contributed by atoms with Gasteiger partial charge in [-0.1, -0.05) is 12.0 Å². The second kappa shape index (κ2) is 4.83. The number of rotatable bonds is 3. The molecule has 0 aliphatic rings. The van der Waals surface area contributed by atoms with E-state index in [1.54, 1.807) is 12.4 Å². The number of hydrogen-bond donors (Lipinski definition) is 1. The Bertz CT molecular complexity index is 752. The summed E-state index contributed by atoms with van der Waals surface area (Å²) in [7, 11) is 0. The maximum Gasteiger partial charge on any atom is 0.155 e. The number of benzene rings is 1. The molecule has 0 amide bonds. The van der Waals surface area contributed by atoms with Gasteiger partial charge in [0, 0.05) is 23.6 Å². The zero-order chi connectivity index (χ0) is 13.1. The summed E-state index contributed by atoms with van der Waals surface area (Å²) in [5.41, 5.74) is 3.78. The lowest BCUT2D eigenvalue weighted by atomic mass is 10.2. The van der Waals surface area contributed by atoms with Crippen LogP contribution in [0.15, 0.2) is 49.1 Å². The Morgan fingerprint density at radius 2 is 2.26 bits per heavy atom. The Morgan fingerprint density at radius 3 is 3.16 bits per heavy atom. The summed E-state index contributed by atoms with van der Waals surface area (Å²) in [4.78, 5) is 8.33. The SMILES string of the molecule is C#Cc1cccc(NCc2cnc3cnccn23)c1. The molecule has 4 nitrogen and oxygen atoms in total. The molecule has 1 aromatic carbocycles. The first kappa shape index (κ1) is 11.3. The standard InChI is InChI=1S/C15H12N4/c1-2-12-4-3-5-13(8-12)17-9-14-10-18-15-11-16-6-7-19(14)15/h1,3-8,10-11,17H,9H2. The maximum atomic E-state index is 5.39. The third kappa shape index (κ3) is 2.26. The van der Waals surface area contributed by atoms with E-state index >= 15 is 0 Å². The van der Waals surface area contributed by atoms with Gasteiger partial charge in [-0.05, 0) is 18.2 Å². The van der Waals surface area contributed by atoms with E-state index in [1.165, 1.54) is 0 Å². The Balaban J connectivity index is 1.81. The largest absolute Gasteiger partial charge is 0.379 e. The van der Waals surface area contributed by atoms with Crippen molar-refractivity contribution >= 4 is 11.3 Å². The van der Waals surface area contributed by atoms with Gasteiger partial charge in [0.1, 0.15) is 0 Å². The van der Waals surface area contributed by atoms with Crippen molar-refractivity contribution in [2.24, 2.45) is 0 Å². The first-order valence-corrected chi connectivity index (χ1v) is 5.93. The minimum absolute atomic E-state index is 0.680. The summed E-state index contributed by atoms with van der Waals surface area (Å²) in [6.45, 7) is 0.680. The zero-order valence-electron chi connectivity index (χ0n) is 10.2. The summed E-state index contributed by atoms with van der Waals surface area (Å²) in [5.74, 6) is 2.62. The quantitative estimate of drug-likeness (QED) is 0.723. The maximum absolute atomic E-state index is 5.39. The highest BCUT2D eigenvalue weighted by molar-refractivity contribution is 5.50. The first-order chi connectivity index (χ1) is 9.36. The van der Waals surface area contributed by atoms with E-state index in [-0.39, 0.29) is 0 Å². The lowest BCUT2D eigenvalue weighted by Crippen LogP contribution is -2.02. The Hall–Kier alpha value is -2.80. The molecule has 92 valence electrons. The molecule has 0 saturated carbocycles. The molecule has 0 radical (unpaired) electrons. The van der Waals surface area contributed by atoms with Crippen LogP contribution in [0.5, 0.6) is 0 Å². The van der Waals surface area contributed by atoms with Gasteiger partial charge in [0.2, 0.25) is 0 Å². The van der Waals surface area contributed by atoms with Gasteiger partial charge in [-0.2, -0.15) is 0 Å². The van der Waals surface area contributed by atoms with Gasteiger partial charge in [-0.15, -0.1) is 6.42 Å². The van der Waals surface area contributed by atoms with Crippen molar-refractivity contribution in [1.82, 2.24) is 14.4 Å². The summed E-state index contributed by atoms with van der Waals surface area (Å²) < 4.78 is 2.00. The van der Waals surface area contributed by atoms with Crippen molar-refractivity contribution in [3.05, 3.63) is 60.3 Å². The summed E-state index contributed by atoms with van der Waals surface area (Å²) >= 11 is 0. The van der Waals surface area contributed by atoms with E-state index in [4.69, 9.17) is 6.42 Å². The topological polar surface area (TPSA) is 42.2 Å². The highest BCUT2D eigenvalue weighted by Gasteiger charge is 2.02. The second-order valence-corrected chi connectivity index (χ2v) is 4.13. The fourth-order valence-corrected chi connectivity index (χ4v) is 1.94. The molecule has 0 atom stereocenters. The molecule has 0 unspecified atom stereocenters. The molecular weight excluding hydrogens is 236 g/mol. The number of nitrogens with one attached hydrogen (secondary N) is 1. The zero-order valence-corrected chi connectivity index (χ0v) is 10.2. The number of anilines is 1. The highest BCUT2D eigenvalue weighted by atomic mass is 15.0. The van der Waals surface area contributed by atoms with Crippen LogP contribution in [0.3, 0.4) is 0 Å². The summed E-state index contributed by atoms with van der Waals surface area (Å²) in [5, 5.41) is 3.34. The molecule has 0 bridgehead atoms. The van der Waals surface area contributed by atoms with Crippen LogP contribution in [0.25, 0.3) is 5.65 Å².